The van der Waals surface area contributed by atoms with Gasteiger partial charge in [0.1, 0.15) is 0 Å². The molecule has 0 aliphatic heterocycles. The molecule has 0 spiro atoms. The zero-order chi connectivity index (χ0) is 15.9. The molecular formula is C17H23N3O2. The lowest BCUT2D eigenvalue weighted by atomic mass is 10.1. The van der Waals surface area contributed by atoms with E-state index < -0.39 is 0 Å². The minimum absolute atomic E-state index is 0.0196. The van der Waals surface area contributed by atoms with Gasteiger partial charge in [0.15, 0.2) is 5.76 Å². The molecule has 0 bridgehead atoms. The second-order valence-electron chi connectivity index (χ2n) is 5.48. The van der Waals surface area contributed by atoms with Crippen molar-refractivity contribution in [2.45, 2.75) is 32.7 Å². The molecule has 1 N–H and O–H groups in total. The van der Waals surface area contributed by atoms with Gasteiger partial charge in [-0.05, 0) is 30.5 Å². The quantitative estimate of drug-likeness (QED) is 0.854. The van der Waals surface area contributed by atoms with E-state index in [2.05, 4.69) is 39.6 Å². The summed E-state index contributed by atoms with van der Waals surface area (Å²) >= 11 is 0. The van der Waals surface area contributed by atoms with E-state index in [1.807, 2.05) is 27.1 Å². The van der Waals surface area contributed by atoms with Crippen LogP contribution in [0, 0.1) is 0 Å². The van der Waals surface area contributed by atoms with Crippen LogP contribution < -0.4 is 10.2 Å². The van der Waals surface area contributed by atoms with Crippen molar-refractivity contribution in [1.29, 1.82) is 0 Å². The van der Waals surface area contributed by atoms with Gasteiger partial charge in [-0.2, -0.15) is 0 Å². The summed E-state index contributed by atoms with van der Waals surface area (Å²) < 4.78 is 5.13. The highest BCUT2D eigenvalue weighted by atomic mass is 16.5. The minimum Gasteiger partial charge on any atom is -0.378 e. The first kappa shape index (κ1) is 16.1. The fraction of sp³-hybridized carbons (Fsp3) is 0.412. The predicted molar refractivity (Wildman–Crippen MR) is 86.8 cm³/mol. The molecule has 2 rings (SSSR count). The molecule has 5 nitrogen and oxygen atoms in total. The van der Waals surface area contributed by atoms with Crippen LogP contribution in [0.3, 0.4) is 0 Å². The Hall–Kier alpha value is -2.30. The fourth-order valence-electron chi connectivity index (χ4n) is 2.10. The third-order valence-electron chi connectivity index (χ3n) is 3.52. The number of nitrogens with one attached hydrogen (secondary N) is 1. The van der Waals surface area contributed by atoms with E-state index in [-0.39, 0.29) is 5.91 Å². The number of hydrogen-bond donors (Lipinski definition) is 1. The van der Waals surface area contributed by atoms with Gasteiger partial charge in [0.25, 0.3) is 0 Å². The maximum atomic E-state index is 11.9. The third kappa shape index (κ3) is 4.62. The van der Waals surface area contributed by atoms with Crippen molar-refractivity contribution in [2.24, 2.45) is 0 Å². The highest BCUT2D eigenvalue weighted by Gasteiger charge is 2.06. The highest BCUT2D eigenvalue weighted by Crippen LogP contribution is 2.13. The minimum atomic E-state index is 0.0196. The summed E-state index contributed by atoms with van der Waals surface area (Å²) in [6, 6.07) is 10.1. The highest BCUT2D eigenvalue weighted by molar-refractivity contribution is 5.76. The average Bonchev–Trinajstić information content (AvgIpc) is 2.99. The molecule has 0 fully saturated rings. The Labute approximate surface area is 131 Å². The lowest BCUT2D eigenvalue weighted by Gasteiger charge is -2.12. The molecular weight excluding hydrogens is 278 g/mol. The molecule has 118 valence electrons. The van der Waals surface area contributed by atoms with Crippen LogP contribution in [0.25, 0.3) is 0 Å². The smallest absolute Gasteiger partial charge is 0.220 e. The SMILES string of the molecule is CCc1cc(CNC(=O)CCc2ccc(N(C)C)cc2)on1. The van der Waals surface area contributed by atoms with Gasteiger partial charge < -0.3 is 14.7 Å². The van der Waals surface area contributed by atoms with Crippen LogP contribution in [-0.2, 0) is 24.2 Å². The number of nitrogens with zero attached hydrogens (tertiary/aromatic N) is 2. The van der Waals surface area contributed by atoms with Gasteiger partial charge in [0, 0.05) is 32.3 Å². The fourth-order valence-corrected chi connectivity index (χ4v) is 2.10. The number of amides is 1. The monoisotopic (exact) mass is 301 g/mol. The van der Waals surface area contributed by atoms with Crippen LogP contribution in [0.2, 0.25) is 0 Å². The van der Waals surface area contributed by atoms with Gasteiger partial charge in [0.2, 0.25) is 5.91 Å². The van der Waals surface area contributed by atoms with Gasteiger partial charge in [-0.3, -0.25) is 4.79 Å². The van der Waals surface area contributed by atoms with Gasteiger partial charge >= 0.3 is 0 Å². The standard InChI is InChI=1S/C17H23N3O2/c1-4-14-11-16(22-19-14)12-18-17(21)10-7-13-5-8-15(9-6-13)20(2)3/h5-6,8-9,11H,4,7,10,12H2,1-3H3,(H,18,21). The molecule has 0 aliphatic rings. The molecule has 1 amide bonds. The number of rotatable bonds is 7. The number of carbonyl (C=O) groups is 1. The topological polar surface area (TPSA) is 58.4 Å². The van der Waals surface area contributed by atoms with E-state index >= 15 is 0 Å². The molecule has 1 heterocycles. The Bertz CT molecular complexity index is 603. The Balaban J connectivity index is 1.75. The van der Waals surface area contributed by atoms with Crippen LogP contribution in [0.1, 0.15) is 30.4 Å². The Morgan fingerprint density at radius 3 is 2.59 bits per heavy atom. The maximum absolute atomic E-state index is 11.9. The Morgan fingerprint density at radius 2 is 2.00 bits per heavy atom. The van der Waals surface area contributed by atoms with Crippen molar-refractivity contribution in [1.82, 2.24) is 10.5 Å². The zero-order valence-electron chi connectivity index (χ0n) is 13.4. The molecule has 0 saturated carbocycles. The van der Waals surface area contributed by atoms with Crippen molar-refractivity contribution >= 4 is 11.6 Å². The zero-order valence-corrected chi connectivity index (χ0v) is 13.4. The molecule has 5 heteroatoms. The Kier molecular flexibility index (Phi) is 5.58. The number of benzene rings is 1. The molecule has 1 aromatic carbocycles. The lowest BCUT2D eigenvalue weighted by molar-refractivity contribution is -0.121. The molecule has 22 heavy (non-hydrogen) atoms. The van der Waals surface area contributed by atoms with Crippen molar-refractivity contribution in [3.05, 3.63) is 47.3 Å². The third-order valence-corrected chi connectivity index (χ3v) is 3.52. The van der Waals surface area contributed by atoms with E-state index in [4.69, 9.17) is 4.52 Å². The molecule has 0 atom stereocenters. The van der Waals surface area contributed by atoms with Gasteiger partial charge in [-0.1, -0.05) is 24.2 Å². The summed E-state index contributed by atoms with van der Waals surface area (Å²) in [6.45, 7) is 2.41. The van der Waals surface area contributed by atoms with E-state index in [0.717, 1.165) is 29.8 Å². The molecule has 2 aromatic rings. The number of anilines is 1. The van der Waals surface area contributed by atoms with Crippen LogP contribution >= 0.6 is 0 Å². The first-order valence-electron chi connectivity index (χ1n) is 7.56. The van der Waals surface area contributed by atoms with Crippen molar-refractivity contribution < 1.29 is 9.32 Å². The molecule has 0 aliphatic carbocycles. The number of hydrogen-bond acceptors (Lipinski definition) is 4. The molecule has 0 radical (unpaired) electrons. The van der Waals surface area contributed by atoms with E-state index in [1.165, 1.54) is 0 Å². The van der Waals surface area contributed by atoms with Gasteiger partial charge in [-0.15, -0.1) is 0 Å². The second kappa shape index (κ2) is 7.64. The largest absolute Gasteiger partial charge is 0.378 e. The number of carbonyl (C=O) groups excluding carboxylic acids is 1. The van der Waals surface area contributed by atoms with Crippen LogP contribution in [0.4, 0.5) is 5.69 Å². The van der Waals surface area contributed by atoms with Gasteiger partial charge in [0.05, 0.1) is 12.2 Å². The first-order valence-corrected chi connectivity index (χ1v) is 7.56. The number of aromatic nitrogens is 1. The predicted octanol–water partition coefficient (Wildman–Crippen LogP) is 2.55. The van der Waals surface area contributed by atoms with Gasteiger partial charge in [-0.25, -0.2) is 0 Å². The summed E-state index contributed by atoms with van der Waals surface area (Å²) in [6.07, 6.45) is 2.03. The second-order valence-corrected chi connectivity index (χ2v) is 5.48. The average molecular weight is 301 g/mol. The number of aryl methyl sites for hydroxylation is 2. The van der Waals surface area contributed by atoms with E-state index in [1.54, 1.807) is 0 Å². The summed E-state index contributed by atoms with van der Waals surface area (Å²) in [4.78, 5) is 13.9. The van der Waals surface area contributed by atoms with E-state index in [9.17, 15) is 4.79 Å². The van der Waals surface area contributed by atoms with Crippen molar-refractivity contribution in [2.75, 3.05) is 19.0 Å². The van der Waals surface area contributed by atoms with Crippen molar-refractivity contribution in [3.8, 4) is 0 Å². The van der Waals surface area contributed by atoms with Crippen molar-refractivity contribution in [3.63, 3.8) is 0 Å². The summed E-state index contributed by atoms with van der Waals surface area (Å²) in [5, 5.41) is 6.75. The molecule has 1 aromatic heterocycles. The summed E-state index contributed by atoms with van der Waals surface area (Å²) in [5.41, 5.74) is 3.23. The first-order chi connectivity index (χ1) is 10.6. The Morgan fingerprint density at radius 1 is 1.27 bits per heavy atom. The molecule has 0 saturated heterocycles. The molecule has 0 unspecified atom stereocenters. The lowest BCUT2D eigenvalue weighted by Crippen LogP contribution is -2.22. The van der Waals surface area contributed by atoms with Crippen LogP contribution in [0.15, 0.2) is 34.9 Å². The normalized spacial score (nSPS) is 10.5. The van der Waals surface area contributed by atoms with Crippen LogP contribution in [0.5, 0.6) is 0 Å². The summed E-state index contributed by atoms with van der Waals surface area (Å²) in [5.74, 6) is 0.715. The van der Waals surface area contributed by atoms with E-state index in [0.29, 0.717) is 18.7 Å². The van der Waals surface area contributed by atoms with Crippen LogP contribution in [-0.4, -0.2) is 25.2 Å². The maximum Gasteiger partial charge on any atom is 0.220 e. The summed E-state index contributed by atoms with van der Waals surface area (Å²) in [7, 11) is 4.02.